The summed E-state index contributed by atoms with van der Waals surface area (Å²) in [6.45, 7) is 6.53. The van der Waals surface area contributed by atoms with Crippen LogP contribution in [0.1, 0.15) is 46.5 Å². The van der Waals surface area contributed by atoms with E-state index in [1.165, 1.54) is 0 Å². The molecule has 0 radical (unpaired) electrons. The summed E-state index contributed by atoms with van der Waals surface area (Å²) >= 11 is 0. The number of nitrogens with two attached hydrogens (primary N) is 1. The zero-order valence-electron chi connectivity index (χ0n) is 9.25. The lowest BCUT2D eigenvalue weighted by Gasteiger charge is -2.17. The fourth-order valence-electron chi connectivity index (χ4n) is 1.21. The molecule has 0 aliphatic carbocycles. The largest absolute Gasteiger partial charge is 0.358 e. The van der Waals surface area contributed by atoms with Crippen molar-refractivity contribution >= 4 is 5.97 Å². The predicted octanol–water partition coefficient (Wildman–Crippen LogP) is 1.94. The zero-order chi connectivity index (χ0) is 11.2. The van der Waals surface area contributed by atoms with Crippen LogP contribution < -0.4 is 5.73 Å². The van der Waals surface area contributed by atoms with Crippen LogP contribution in [0.4, 0.5) is 0 Å². The second-order valence-electron chi connectivity index (χ2n) is 4.82. The minimum absolute atomic E-state index is 0.321. The van der Waals surface area contributed by atoms with Crippen LogP contribution in [-0.2, 0) is 9.68 Å². The molecule has 0 amide bonds. The van der Waals surface area contributed by atoms with Crippen LogP contribution in [0.25, 0.3) is 0 Å². The average molecular weight is 203 g/mol. The summed E-state index contributed by atoms with van der Waals surface area (Å²) in [5.41, 5.74) is 5.76. The average Bonchev–Trinajstić information content (AvgIpc) is 2.09. The van der Waals surface area contributed by atoms with E-state index >= 15 is 0 Å². The summed E-state index contributed by atoms with van der Waals surface area (Å²) < 4.78 is 0. The highest BCUT2D eigenvalue weighted by Gasteiger charge is 2.15. The lowest BCUT2D eigenvalue weighted by molar-refractivity contribution is -0.235. The molecule has 0 aromatic heterocycles. The van der Waals surface area contributed by atoms with E-state index in [-0.39, 0.29) is 0 Å². The van der Waals surface area contributed by atoms with Crippen molar-refractivity contribution in [1.82, 2.24) is 0 Å². The molecule has 14 heavy (non-hydrogen) atoms. The second-order valence-corrected chi connectivity index (χ2v) is 4.82. The van der Waals surface area contributed by atoms with Gasteiger partial charge in [-0.15, -0.1) is 0 Å². The Bertz CT molecular complexity index is 175. The van der Waals surface area contributed by atoms with E-state index in [2.05, 4.69) is 25.7 Å². The third-order valence-electron chi connectivity index (χ3n) is 2.08. The molecule has 0 saturated heterocycles. The monoisotopic (exact) mass is 203 g/mol. The van der Waals surface area contributed by atoms with Gasteiger partial charge in [0.15, 0.2) is 0 Å². The smallest absolute Gasteiger partial charge is 0.318 e. The number of hydrogen-bond donors (Lipinski definition) is 2. The van der Waals surface area contributed by atoms with Gasteiger partial charge < -0.3 is 5.73 Å². The number of unbranched alkanes of at least 4 members (excludes halogenated alkanes) is 1. The first-order valence-corrected chi connectivity index (χ1v) is 4.97. The summed E-state index contributed by atoms with van der Waals surface area (Å²) in [5, 5.41) is 8.06. The van der Waals surface area contributed by atoms with Crippen molar-refractivity contribution in [3.8, 4) is 0 Å². The van der Waals surface area contributed by atoms with E-state index < -0.39 is 12.0 Å². The summed E-state index contributed by atoms with van der Waals surface area (Å²) in [6, 6.07) is -0.694. The first-order valence-electron chi connectivity index (χ1n) is 4.97. The van der Waals surface area contributed by atoms with Gasteiger partial charge in [-0.05, 0) is 18.3 Å². The van der Waals surface area contributed by atoms with Crippen molar-refractivity contribution in [3.63, 3.8) is 0 Å². The Morgan fingerprint density at radius 3 is 2.43 bits per heavy atom. The molecule has 4 heteroatoms. The molecular formula is C10H21NO3. The molecule has 84 valence electrons. The normalized spacial score (nSPS) is 13.8. The first kappa shape index (κ1) is 13.4. The number of hydrogen-bond acceptors (Lipinski definition) is 4. The van der Waals surface area contributed by atoms with Gasteiger partial charge in [0.1, 0.15) is 6.04 Å². The number of rotatable bonds is 5. The van der Waals surface area contributed by atoms with Crippen molar-refractivity contribution in [2.75, 3.05) is 0 Å². The Hall–Kier alpha value is -0.610. The number of carbonyl (C=O) groups is 1. The Labute approximate surface area is 85.4 Å². The fraction of sp³-hybridized carbons (Fsp3) is 0.900. The Kier molecular flexibility index (Phi) is 5.72. The van der Waals surface area contributed by atoms with E-state index in [0.717, 1.165) is 19.3 Å². The Morgan fingerprint density at radius 2 is 2.00 bits per heavy atom. The molecule has 1 atom stereocenters. The topological polar surface area (TPSA) is 72.6 Å². The molecule has 0 aromatic rings. The molecule has 0 spiro atoms. The molecule has 0 aromatic carbocycles. The van der Waals surface area contributed by atoms with E-state index in [4.69, 9.17) is 11.0 Å². The van der Waals surface area contributed by atoms with Crippen LogP contribution in [0.15, 0.2) is 0 Å². The second kappa shape index (κ2) is 5.98. The zero-order valence-corrected chi connectivity index (χ0v) is 9.25. The molecule has 0 fully saturated rings. The minimum Gasteiger partial charge on any atom is -0.318 e. The Morgan fingerprint density at radius 1 is 1.43 bits per heavy atom. The fourth-order valence-corrected chi connectivity index (χ4v) is 1.21. The van der Waals surface area contributed by atoms with Crippen LogP contribution in [-0.4, -0.2) is 17.3 Å². The SMILES string of the molecule is CC(C)(C)CCCCC(N)C(=O)OO. The highest BCUT2D eigenvalue weighted by atomic mass is 17.1. The summed E-state index contributed by atoms with van der Waals surface area (Å²) in [7, 11) is 0. The van der Waals surface area contributed by atoms with E-state index in [0.29, 0.717) is 11.8 Å². The molecule has 3 N–H and O–H groups in total. The van der Waals surface area contributed by atoms with Gasteiger partial charge in [-0.2, -0.15) is 5.26 Å². The van der Waals surface area contributed by atoms with Gasteiger partial charge in [0.2, 0.25) is 0 Å². The van der Waals surface area contributed by atoms with Crippen molar-refractivity contribution in [2.24, 2.45) is 11.1 Å². The predicted molar refractivity (Wildman–Crippen MR) is 54.6 cm³/mol. The van der Waals surface area contributed by atoms with E-state index in [1.54, 1.807) is 0 Å². The van der Waals surface area contributed by atoms with Gasteiger partial charge in [0.05, 0.1) is 0 Å². The lowest BCUT2D eigenvalue weighted by Crippen LogP contribution is -2.31. The molecule has 0 aliphatic rings. The summed E-state index contributed by atoms with van der Waals surface area (Å²) in [5.74, 6) is -0.749. The molecule has 0 saturated carbocycles. The van der Waals surface area contributed by atoms with Crippen LogP contribution in [0, 0.1) is 5.41 Å². The molecule has 1 unspecified atom stereocenters. The lowest BCUT2D eigenvalue weighted by atomic mass is 9.89. The Balaban J connectivity index is 3.50. The van der Waals surface area contributed by atoms with Gasteiger partial charge in [0, 0.05) is 0 Å². The summed E-state index contributed by atoms with van der Waals surface area (Å²) in [6.07, 6.45) is 3.59. The van der Waals surface area contributed by atoms with E-state index in [1.807, 2.05) is 0 Å². The maximum absolute atomic E-state index is 10.7. The molecular weight excluding hydrogens is 182 g/mol. The van der Waals surface area contributed by atoms with Crippen LogP contribution >= 0.6 is 0 Å². The number of carbonyl (C=O) groups excluding carboxylic acids is 1. The van der Waals surface area contributed by atoms with E-state index in [9.17, 15) is 4.79 Å². The van der Waals surface area contributed by atoms with Gasteiger partial charge in [-0.3, -0.25) is 4.89 Å². The molecule has 0 heterocycles. The van der Waals surface area contributed by atoms with Crippen LogP contribution in [0.3, 0.4) is 0 Å². The van der Waals surface area contributed by atoms with Gasteiger partial charge in [0.25, 0.3) is 0 Å². The summed E-state index contributed by atoms with van der Waals surface area (Å²) in [4.78, 5) is 14.3. The highest BCUT2D eigenvalue weighted by Crippen LogP contribution is 2.22. The maximum atomic E-state index is 10.7. The van der Waals surface area contributed by atoms with Crippen molar-refractivity contribution < 1.29 is 14.9 Å². The molecule has 4 nitrogen and oxygen atoms in total. The molecule has 0 bridgehead atoms. The van der Waals surface area contributed by atoms with Gasteiger partial charge >= 0.3 is 5.97 Å². The first-order chi connectivity index (χ1) is 6.37. The third kappa shape index (κ3) is 6.86. The maximum Gasteiger partial charge on any atom is 0.358 e. The quantitative estimate of drug-likeness (QED) is 0.407. The van der Waals surface area contributed by atoms with Crippen LogP contribution in [0.2, 0.25) is 0 Å². The highest BCUT2D eigenvalue weighted by molar-refractivity contribution is 5.74. The standard InChI is InChI=1S/C10H21NO3/c1-10(2,3)7-5-4-6-8(11)9(12)14-13/h8,13H,4-7,11H2,1-3H3. The van der Waals surface area contributed by atoms with Crippen molar-refractivity contribution in [3.05, 3.63) is 0 Å². The van der Waals surface area contributed by atoms with Crippen molar-refractivity contribution in [2.45, 2.75) is 52.5 Å². The third-order valence-corrected chi connectivity index (χ3v) is 2.08. The minimum atomic E-state index is -0.749. The molecule has 0 aliphatic heterocycles. The van der Waals surface area contributed by atoms with Gasteiger partial charge in [-0.1, -0.05) is 33.6 Å². The van der Waals surface area contributed by atoms with Crippen molar-refractivity contribution in [1.29, 1.82) is 0 Å². The molecule has 0 rings (SSSR count). The van der Waals surface area contributed by atoms with Gasteiger partial charge in [-0.25, -0.2) is 4.79 Å². The van der Waals surface area contributed by atoms with Crippen LogP contribution in [0.5, 0.6) is 0 Å².